The number of carbonyl (C=O) groups excluding carboxylic acids is 1. The summed E-state index contributed by atoms with van der Waals surface area (Å²) in [6.45, 7) is 5.20. The van der Waals surface area contributed by atoms with Gasteiger partial charge in [0.25, 0.3) is 12.3 Å². The van der Waals surface area contributed by atoms with E-state index in [-0.39, 0.29) is 16.6 Å². The summed E-state index contributed by atoms with van der Waals surface area (Å²) in [5.41, 5.74) is 6.73. The standard InChI is InChI=1S/C18H18F2N4O2/c1-8-5-6-12(26-4)9(2)14(8)24-15(16(19)20)13(17(21)25)11-7-22-10(3)23-18(11)24/h5-7,16H,1-4H3,(H2,21,25). The molecule has 0 spiro atoms. The van der Waals surface area contributed by atoms with Gasteiger partial charge >= 0.3 is 0 Å². The Kier molecular flexibility index (Phi) is 4.35. The molecule has 1 aromatic carbocycles. The van der Waals surface area contributed by atoms with Crippen molar-refractivity contribution in [2.45, 2.75) is 27.2 Å². The molecular weight excluding hydrogens is 342 g/mol. The number of amides is 1. The lowest BCUT2D eigenvalue weighted by Gasteiger charge is -2.18. The number of hydrogen-bond donors (Lipinski definition) is 1. The average molecular weight is 360 g/mol. The van der Waals surface area contributed by atoms with E-state index in [1.54, 1.807) is 32.9 Å². The Morgan fingerprint density at radius 2 is 1.96 bits per heavy atom. The van der Waals surface area contributed by atoms with Crippen molar-refractivity contribution in [2.75, 3.05) is 7.11 Å². The summed E-state index contributed by atoms with van der Waals surface area (Å²) in [7, 11) is 1.50. The summed E-state index contributed by atoms with van der Waals surface area (Å²) in [6.07, 6.45) is -1.58. The van der Waals surface area contributed by atoms with Gasteiger partial charge in [0.15, 0.2) is 0 Å². The van der Waals surface area contributed by atoms with Gasteiger partial charge in [0, 0.05) is 11.8 Å². The van der Waals surface area contributed by atoms with Gasteiger partial charge in [-0.3, -0.25) is 9.36 Å². The number of nitrogens with two attached hydrogens (primary N) is 1. The van der Waals surface area contributed by atoms with Gasteiger partial charge in [-0.2, -0.15) is 0 Å². The van der Waals surface area contributed by atoms with Crippen molar-refractivity contribution < 1.29 is 18.3 Å². The monoisotopic (exact) mass is 360 g/mol. The number of fused-ring (bicyclic) bond motifs is 1. The molecule has 0 aliphatic rings. The Balaban J connectivity index is 2.57. The molecule has 1 amide bonds. The van der Waals surface area contributed by atoms with E-state index < -0.39 is 18.0 Å². The molecule has 8 heteroatoms. The molecule has 6 nitrogen and oxygen atoms in total. The second-order valence-corrected chi connectivity index (χ2v) is 5.97. The molecule has 0 atom stereocenters. The smallest absolute Gasteiger partial charge is 0.279 e. The van der Waals surface area contributed by atoms with E-state index in [9.17, 15) is 13.6 Å². The number of halogens is 2. The fourth-order valence-corrected chi connectivity index (χ4v) is 3.24. The Morgan fingerprint density at radius 1 is 1.27 bits per heavy atom. The van der Waals surface area contributed by atoms with Crippen LogP contribution in [0, 0.1) is 20.8 Å². The molecule has 0 radical (unpaired) electrons. The lowest BCUT2D eigenvalue weighted by atomic mass is 10.1. The lowest BCUT2D eigenvalue weighted by Crippen LogP contribution is -2.15. The highest BCUT2D eigenvalue weighted by Crippen LogP contribution is 2.38. The number of benzene rings is 1. The van der Waals surface area contributed by atoms with E-state index >= 15 is 0 Å². The number of primary amides is 1. The van der Waals surface area contributed by atoms with E-state index in [1.807, 2.05) is 0 Å². The Bertz CT molecular complexity index is 1030. The van der Waals surface area contributed by atoms with E-state index in [1.165, 1.54) is 17.9 Å². The molecule has 0 aliphatic heterocycles. The van der Waals surface area contributed by atoms with Crippen LogP contribution in [0.25, 0.3) is 16.7 Å². The quantitative estimate of drug-likeness (QED) is 0.773. The number of methoxy groups -OCH3 is 1. The molecule has 0 saturated heterocycles. The first-order valence-electron chi connectivity index (χ1n) is 7.88. The summed E-state index contributed by atoms with van der Waals surface area (Å²) in [6, 6.07) is 3.53. The SMILES string of the molecule is COc1ccc(C)c(-n2c(C(F)F)c(C(N)=O)c3cnc(C)nc32)c1C. The topological polar surface area (TPSA) is 83.0 Å². The van der Waals surface area contributed by atoms with Crippen LogP contribution in [0.15, 0.2) is 18.3 Å². The number of aromatic nitrogens is 3. The molecule has 0 bridgehead atoms. The molecule has 2 aromatic heterocycles. The largest absolute Gasteiger partial charge is 0.496 e. The van der Waals surface area contributed by atoms with Crippen LogP contribution in [-0.2, 0) is 0 Å². The average Bonchev–Trinajstić information content (AvgIpc) is 2.90. The molecule has 26 heavy (non-hydrogen) atoms. The molecule has 2 heterocycles. The second kappa shape index (κ2) is 6.36. The summed E-state index contributed by atoms with van der Waals surface area (Å²) in [5.74, 6) is -0.0138. The zero-order chi connectivity index (χ0) is 19.2. The fourth-order valence-electron chi connectivity index (χ4n) is 3.24. The third-order valence-corrected chi connectivity index (χ3v) is 4.35. The van der Waals surface area contributed by atoms with Crippen LogP contribution >= 0.6 is 0 Å². The third-order valence-electron chi connectivity index (χ3n) is 4.35. The van der Waals surface area contributed by atoms with Crippen LogP contribution in [0.1, 0.15) is 39.4 Å². The minimum absolute atomic E-state index is 0.194. The van der Waals surface area contributed by atoms with Crippen molar-refractivity contribution in [3.63, 3.8) is 0 Å². The zero-order valence-corrected chi connectivity index (χ0v) is 14.8. The maximum atomic E-state index is 14.0. The maximum absolute atomic E-state index is 14.0. The van der Waals surface area contributed by atoms with Crippen LogP contribution in [0.3, 0.4) is 0 Å². The van der Waals surface area contributed by atoms with E-state index in [2.05, 4.69) is 9.97 Å². The normalized spacial score (nSPS) is 11.3. The predicted molar refractivity (Wildman–Crippen MR) is 93.1 cm³/mol. The van der Waals surface area contributed by atoms with Gasteiger partial charge in [0.2, 0.25) is 0 Å². The summed E-state index contributed by atoms with van der Waals surface area (Å²) < 4.78 is 34.6. The molecule has 0 fully saturated rings. The van der Waals surface area contributed by atoms with Gasteiger partial charge in [0.05, 0.1) is 23.7 Å². The van der Waals surface area contributed by atoms with Crippen LogP contribution < -0.4 is 10.5 Å². The number of alkyl halides is 2. The van der Waals surface area contributed by atoms with Crippen LogP contribution in [0.4, 0.5) is 8.78 Å². The van der Waals surface area contributed by atoms with Crippen molar-refractivity contribution >= 4 is 16.9 Å². The first-order valence-corrected chi connectivity index (χ1v) is 7.88. The van der Waals surface area contributed by atoms with Crippen LogP contribution in [0.5, 0.6) is 5.75 Å². The molecule has 0 unspecified atom stereocenters. The number of carbonyl (C=O) groups is 1. The summed E-state index contributed by atoms with van der Waals surface area (Å²) >= 11 is 0. The Hall–Kier alpha value is -3.03. The second-order valence-electron chi connectivity index (χ2n) is 5.97. The maximum Gasteiger partial charge on any atom is 0.279 e. The Labute approximate surface area is 148 Å². The fraction of sp³-hybridized carbons (Fsp3) is 0.278. The van der Waals surface area contributed by atoms with Gasteiger partial charge in [-0.05, 0) is 32.4 Å². The number of ether oxygens (including phenoxy) is 1. The van der Waals surface area contributed by atoms with Crippen molar-refractivity contribution in [1.29, 1.82) is 0 Å². The first-order chi connectivity index (χ1) is 12.3. The number of aryl methyl sites for hydroxylation is 2. The summed E-state index contributed by atoms with van der Waals surface area (Å²) in [5, 5.41) is 0.194. The highest BCUT2D eigenvalue weighted by Gasteiger charge is 2.30. The number of rotatable bonds is 4. The predicted octanol–water partition coefficient (Wildman–Crippen LogP) is 3.39. The van der Waals surface area contributed by atoms with Gasteiger partial charge in [0.1, 0.15) is 22.9 Å². The van der Waals surface area contributed by atoms with Crippen molar-refractivity contribution in [1.82, 2.24) is 14.5 Å². The van der Waals surface area contributed by atoms with Crippen molar-refractivity contribution in [3.8, 4) is 11.4 Å². The Morgan fingerprint density at radius 3 is 2.54 bits per heavy atom. The van der Waals surface area contributed by atoms with Crippen molar-refractivity contribution in [3.05, 3.63) is 46.5 Å². The van der Waals surface area contributed by atoms with Gasteiger partial charge in [-0.25, -0.2) is 18.7 Å². The van der Waals surface area contributed by atoms with Crippen molar-refractivity contribution in [2.24, 2.45) is 5.73 Å². The van der Waals surface area contributed by atoms with Crippen LogP contribution in [0.2, 0.25) is 0 Å². The van der Waals surface area contributed by atoms with Gasteiger partial charge in [-0.15, -0.1) is 0 Å². The van der Waals surface area contributed by atoms with E-state index in [4.69, 9.17) is 10.5 Å². The molecule has 3 rings (SSSR count). The highest BCUT2D eigenvalue weighted by atomic mass is 19.3. The number of nitrogens with zero attached hydrogens (tertiary/aromatic N) is 3. The minimum Gasteiger partial charge on any atom is -0.496 e. The van der Waals surface area contributed by atoms with E-state index in [0.717, 1.165) is 5.56 Å². The molecule has 2 N–H and O–H groups in total. The molecule has 0 saturated carbocycles. The number of hydrogen-bond acceptors (Lipinski definition) is 4. The van der Waals surface area contributed by atoms with Gasteiger partial charge in [-0.1, -0.05) is 6.07 Å². The zero-order valence-electron chi connectivity index (χ0n) is 14.8. The van der Waals surface area contributed by atoms with E-state index in [0.29, 0.717) is 22.8 Å². The molecule has 3 aromatic rings. The first kappa shape index (κ1) is 17.8. The molecule has 136 valence electrons. The summed E-state index contributed by atoms with van der Waals surface area (Å²) in [4.78, 5) is 20.3. The van der Waals surface area contributed by atoms with Gasteiger partial charge < -0.3 is 10.5 Å². The minimum atomic E-state index is -2.93. The highest BCUT2D eigenvalue weighted by molar-refractivity contribution is 6.07. The molecule has 0 aliphatic carbocycles. The third kappa shape index (κ3) is 2.58. The van der Waals surface area contributed by atoms with Crippen LogP contribution in [-0.4, -0.2) is 27.6 Å². The lowest BCUT2D eigenvalue weighted by molar-refractivity contribution is 0.0985. The molecular formula is C18H18F2N4O2.